The minimum Gasteiger partial charge on any atom is -0.378 e. The predicted molar refractivity (Wildman–Crippen MR) is 77.1 cm³/mol. The molecule has 19 heavy (non-hydrogen) atoms. The molecule has 1 unspecified atom stereocenters. The molecule has 1 aliphatic rings. The molecule has 0 aromatic carbocycles. The largest absolute Gasteiger partial charge is 0.378 e. The maximum absolute atomic E-state index is 5.78. The molecule has 1 aromatic heterocycles. The zero-order chi connectivity index (χ0) is 13.7. The summed E-state index contributed by atoms with van der Waals surface area (Å²) in [6.07, 6.45) is 7.74. The lowest BCUT2D eigenvalue weighted by Crippen LogP contribution is -2.43. The minimum absolute atomic E-state index is 0.0914. The average Bonchev–Trinajstić information content (AvgIpc) is 2.81. The van der Waals surface area contributed by atoms with Crippen molar-refractivity contribution in [3.8, 4) is 0 Å². The van der Waals surface area contributed by atoms with Crippen molar-refractivity contribution < 1.29 is 4.74 Å². The van der Waals surface area contributed by atoms with Crippen LogP contribution in [0.25, 0.3) is 0 Å². The van der Waals surface area contributed by atoms with E-state index in [4.69, 9.17) is 4.74 Å². The molecule has 4 nitrogen and oxygen atoms in total. The van der Waals surface area contributed by atoms with Crippen molar-refractivity contribution in [2.24, 2.45) is 0 Å². The van der Waals surface area contributed by atoms with Crippen LogP contribution in [0.15, 0.2) is 12.3 Å². The zero-order valence-corrected chi connectivity index (χ0v) is 12.5. The Bertz CT molecular complexity index is 379. The number of hydrogen-bond acceptors (Lipinski definition) is 3. The summed E-state index contributed by atoms with van der Waals surface area (Å²) in [6, 6.07) is 2.49. The average molecular weight is 265 g/mol. The van der Waals surface area contributed by atoms with Crippen LogP contribution < -0.4 is 5.32 Å². The van der Waals surface area contributed by atoms with Crippen molar-refractivity contribution in [1.82, 2.24) is 15.1 Å². The summed E-state index contributed by atoms with van der Waals surface area (Å²) in [5, 5.41) is 8.05. The van der Waals surface area contributed by atoms with Crippen molar-refractivity contribution in [3.63, 3.8) is 0 Å². The first-order valence-electron chi connectivity index (χ1n) is 7.55. The molecule has 0 radical (unpaired) electrons. The standard InChI is InChI=1S/C15H27N3O/c1-4-11-18-14(7-10-17-18)13(16-5-2)12-15(19-3)8-6-9-15/h7,10,13,16H,4-6,8-9,11-12H2,1-3H3. The normalized spacial score (nSPS) is 19.1. The van der Waals surface area contributed by atoms with E-state index in [0.717, 1.165) is 25.9 Å². The Kier molecular flexibility index (Phi) is 4.99. The van der Waals surface area contributed by atoms with E-state index >= 15 is 0 Å². The van der Waals surface area contributed by atoms with Crippen LogP contribution in [0.4, 0.5) is 0 Å². The molecule has 0 bridgehead atoms. The fourth-order valence-corrected chi connectivity index (χ4v) is 3.00. The van der Waals surface area contributed by atoms with Crippen LogP contribution in [0.1, 0.15) is 57.7 Å². The molecule has 0 amide bonds. The molecule has 1 saturated carbocycles. The fourth-order valence-electron chi connectivity index (χ4n) is 3.00. The van der Waals surface area contributed by atoms with Gasteiger partial charge in [-0.3, -0.25) is 4.68 Å². The second-order valence-electron chi connectivity index (χ2n) is 5.53. The predicted octanol–water partition coefficient (Wildman–Crippen LogP) is 2.90. The number of nitrogens with zero attached hydrogens (tertiary/aromatic N) is 2. The molecule has 108 valence electrons. The van der Waals surface area contributed by atoms with Crippen molar-refractivity contribution in [1.29, 1.82) is 0 Å². The van der Waals surface area contributed by atoms with Crippen molar-refractivity contribution in [3.05, 3.63) is 18.0 Å². The van der Waals surface area contributed by atoms with Gasteiger partial charge in [-0.2, -0.15) is 5.10 Å². The van der Waals surface area contributed by atoms with E-state index in [2.05, 4.69) is 35.0 Å². The van der Waals surface area contributed by atoms with E-state index in [9.17, 15) is 0 Å². The van der Waals surface area contributed by atoms with E-state index in [1.807, 2.05) is 13.3 Å². The molecule has 4 heteroatoms. The number of aromatic nitrogens is 2. The van der Waals surface area contributed by atoms with Gasteiger partial charge in [-0.05, 0) is 44.7 Å². The van der Waals surface area contributed by atoms with Gasteiger partial charge in [0.1, 0.15) is 0 Å². The summed E-state index contributed by atoms with van der Waals surface area (Å²) in [5.41, 5.74) is 1.39. The highest BCUT2D eigenvalue weighted by Gasteiger charge is 2.39. The lowest BCUT2D eigenvalue weighted by molar-refractivity contribution is -0.0841. The van der Waals surface area contributed by atoms with E-state index in [1.165, 1.54) is 25.0 Å². The van der Waals surface area contributed by atoms with Crippen LogP contribution >= 0.6 is 0 Å². The van der Waals surface area contributed by atoms with E-state index in [1.54, 1.807) is 0 Å². The molecule has 0 saturated heterocycles. The number of methoxy groups -OCH3 is 1. The molecule has 1 N–H and O–H groups in total. The van der Waals surface area contributed by atoms with Gasteiger partial charge in [0.25, 0.3) is 0 Å². The minimum atomic E-state index is 0.0914. The monoisotopic (exact) mass is 265 g/mol. The van der Waals surface area contributed by atoms with Gasteiger partial charge in [0.15, 0.2) is 0 Å². The van der Waals surface area contributed by atoms with Gasteiger partial charge >= 0.3 is 0 Å². The molecular weight excluding hydrogens is 238 g/mol. The van der Waals surface area contributed by atoms with Crippen LogP contribution in [0, 0.1) is 0 Å². The smallest absolute Gasteiger partial charge is 0.0697 e. The lowest BCUT2D eigenvalue weighted by atomic mass is 9.75. The molecule has 0 spiro atoms. The van der Waals surface area contributed by atoms with Crippen LogP contribution in [0.5, 0.6) is 0 Å². The summed E-state index contributed by atoms with van der Waals surface area (Å²) in [4.78, 5) is 0. The summed E-state index contributed by atoms with van der Waals surface area (Å²) in [5.74, 6) is 0. The Balaban J connectivity index is 2.12. The molecule has 1 atom stereocenters. The van der Waals surface area contributed by atoms with Crippen LogP contribution in [0.2, 0.25) is 0 Å². The molecule has 2 rings (SSSR count). The molecule has 1 fully saturated rings. The highest BCUT2D eigenvalue weighted by Crippen LogP contribution is 2.41. The Morgan fingerprint density at radius 3 is 2.79 bits per heavy atom. The molecule has 1 heterocycles. The Morgan fingerprint density at radius 2 is 2.26 bits per heavy atom. The quantitative estimate of drug-likeness (QED) is 0.785. The van der Waals surface area contributed by atoms with Crippen LogP contribution in [-0.2, 0) is 11.3 Å². The van der Waals surface area contributed by atoms with Gasteiger partial charge in [0.05, 0.1) is 17.3 Å². The van der Waals surface area contributed by atoms with Gasteiger partial charge in [-0.25, -0.2) is 0 Å². The first kappa shape index (κ1) is 14.5. The Labute approximate surface area is 116 Å². The lowest BCUT2D eigenvalue weighted by Gasteiger charge is -2.43. The number of nitrogens with one attached hydrogen (secondary N) is 1. The van der Waals surface area contributed by atoms with E-state index < -0.39 is 0 Å². The molecule has 1 aromatic rings. The maximum atomic E-state index is 5.78. The summed E-state index contributed by atoms with van der Waals surface area (Å²) >= 11 is 0. The summed E-state index contributed by atoms with van der Waals surface area (Å²) < 4.78 is 7.91. The summed E-state index contributed by atoms with van der Waals surface area (Å²) in [6.45, 7) is 6.32. The second-order valence-corrected chi connectivity index (χ2v) is 5.53. The van der Waals surface area contributed by atoms with Gasteiger partial charge in [-0.15, -0.1) is 0 Å². The third-order valence-corrected chi connectivity index (χ3v) is 4.27. The zero-order valence-electron chi connectivity index (χ0n) is 12.5. The van der Waals surface area contributed by atoms with Crippen molar-refractivity contribution in [2.75, 3.05) is 13.7 Å². The first-order chi connectivity index (χ1) is 9.24. The number of hydrogen-bond donors (Lipinski definition) is 1. The van der Waals surface area contributed by atoms with Crippen LogP contribution in [0.3, 0.4) is 0 Å². The van der Waals surface area contributed by atoms with Gasteiger partial charge < -0.3 is 10.1 Å². The third-order valence-electron chi connectivity index (χ3n) is 4.27. The van der Waals surface area contributed by atoms with Gasteiger partial charge in [0.2, 0.25) is 0 Å². The highest BCUT2D eigenvalue weighted by atomic mass is 16.5. The highest BCUT2D eigenvalue weighted by molar-refractivity contribution is 5.10. The third kappa shape index (κ3) is 3.18. The molecular formula is C15H27N3O. The van der Waals surface area contributed by atoms with Gasteiger partial charge in [-0.1, -0.05) is 13.8 Å². The molecule has 0 aliphatic heterocycles. The topological polar surface area (TPSA) is 39.1 Å². The second kappa shape index (κ2) is 6.53. The van der Waals surface area contributed by atoms with Crippen molar-refractivity contribution in [2.45, 2.75) is 64.1 Å². The SMILES string of the molecule is CCCn1nccc1C(CC1(OC)CCC1)NCC. The number of aryl methyl sites for hydroxylation is 1. The maximum Gasteiger partial charge on any atom is 0.0697 e. The van der Waals surface area contributed by atoms with Gasteiger partial charge in [0, 0.05) is 19.9 Å². The van der Waals surface area contributed by atoms with Crippen LogP contribution in [-0.4, -0.2) is 29.0 Å². The molecule has 1 aliphatic carbocycles. The number of rotatable bonds is 8. The number of ether oxygens (including phenoxy) is 1. The van der Waals surface area contributed by atoms with Crippen molar-refractivity contribution >= 4 is 0 Å². The van der Waals surface area contributed by atoms with E-state index in [-0.39, 0.29) is 5.60 Å². The Morgan fingerprint density at radius 1 is 1.47 bits per heavy atom. The summed E-state index contributed by atoms with van der Waals surface area (Å²) in [7, 11) is 1.85. The van der Waals surface area contributed by atoms with E-state index in [0.29, 0.717) is 6.04 Å². The first-order valence-corrected chi connectivity index (χ1v) is 7.55. The fraction of sp³-hybridized carbons (Fsp3) is 0.800. The Hall–Kier alpha value is -0.870.